The Balaban J connectivity index is 2.36. The van der Waals surface area contributed by atoms with Crippen molar-refractivity contribution in [1.29, 1.82) is 0 Å². The van der Waals surface area contributed by atoms with Crippen LogP contribution >= 0.6 is 11.6 Å². The Morgan fingerprint density at radius 3 is 2.38 bits per heavy atom. The smallest absolute Gasteiger partial charge is 0.416 e. The Labute approximate surface area is 152 Å². The average molecular weight is 386 g/mol. The van der Waals surface area contributed by atoms with Gasteiger partial charge in [0.05, 0.1) is 29.5 Å². The lowest BCUT2D eigenvalue weighted by Gasteiger charge is -2.17. The molecule has 1 unspecified atom stereocenters. The van der Waals surface area contributed by atoms with Gasteiger partial charge in [0.2, 0.25) is 0 Å². The molecule has 2 aromatic rings. The first-order valence-corrected chi connectivity index (χ1v) is 8.08. The van der Waals surface area contributed by atoms with Crippen LogP contribution in [0.1, 0.15) is 40.7 Å². The summed E-state index contributed by atoms with van der Waals surface area (Å²) in [7, 11) is 0. The number of pyridine rings is 1. The van der Waals surface area contributed by atoms with Crippen molar-refractivity contribution in [2.45, 2.75) is 25.4 Å². The third kappa shape index (κ3) is 4.82. The first-order chi connectivity index (χ1) is 12.2. The van der Waals surface area contributed by atoms with Crippen LogP contribution in [0.5, 0.6) is 0 Å². The molecule has 0 bridgehead atoms. The van der Waals surface area contributed by atoms with Gasteiger partial charge >= 0.3 is 12.1 Å². The van der Waals surface area contributed by atoms with Gasteiger partial charge in [-0.25, -0.2) is 0 Å². The van der Waals surface area contributed by atoms with Crippen LogP contribution in [0.4, 0.5) is 13.2 Å². The molecule has 2 rings (SSSR count). The first kappa shape index (κ1) is 19.9. The molecular formula is C18H15ClF3NO3. The molecule has 4 nitrogen and oxygen atoms in total. The monoisotopic (exact) mass is 385 g/mol. The average Bonchev–Trinajstić information content (AvgIpc) is 2.59. The number of halogens is 4. The van der Waals surface area contributed by atoms with E-state index in [1.807, 2.05) is 0 Å². The Bertz CT molecular complexity index is 791. The number of hydrogen-bond acceptors (Lipinski definition) is 4. The molecule has 0 fully saturated rings. The van der Waals surface area contributed by atoms with Gasteiger partial charge in [-0.1, -0.05) is 23.7 Å². The van der Waals surface area contributed by atoms with Crippen molar-refractivity contribution in [2.24, 2.45) is 0 Å². The molecule has 138 valence electrons. The van der Waals surface area contributed by atoms with Crippen LogP contribution in [-0.4, -0.2) is 23.3 Å². The van der Waals surface area contributed by atoms with E-state index < -0.39 is 29.4 Å². The fourth-order valence-electron chi connectivity index (χ4n) is 2.42. The zero-order valence-electron chi connectivity index (χ0n) is 13.7. The molecule has 1 aromatic carbocycles. The van der Waals surface area contributed by atoms with E-state index in [1.54, 1.807) is 6.92 Å². The number of ketones is 1. The minimum Gasteiger partial charge on any atom is -0.466 e. The number of rotatable bonds is 6. The summed E-state index contributed by atoms with van der Waals surface area (Å²) in [5, 5.41) is 0.182. The van der Waals surface area contributed by atoms with Crippen LogP contribution in [0.25, 0.3) is 0 Å². The molecular weight excluding hydrogens is 371 g/mol. The number of ether oxygens (including phenoxy) is 1. The number of carbonyl (C=O) groups is 2. The summed E-state index contributed by atoms with van der Waals surface area (Å²) in [4.78, 5) is 28.5. The molecule has 1 heterocycles. The molecule has 0 amide bonds. The fraction of sp³-hybridized carbons (Fsp3) is 0.278. The van der Waals surface area contributed by atoms with E-state index in [1.165, 1.54) is 18.5 Å². The second kappa shape index (κ2) is 8.31. The lowest BCUT2D eigenvalue weighted by atomic mass is 9.88. The molecule has 8 heteroatoms. The summed E-state index contributed by atoms with van der Waals surface area (Å²) in [5.41, 5.74) is -0.460. The number of Topliss-reactive ketones (excluding diaryl/α,β-unsaturated/α-hetero) is 1. The Kier molecular flexibility index (Phi) is 6.37. The Morgan fingerprint density at radius 2 is 1.85 bits per heavy atom. The molecule has 26 heavy (non-hydrogen) atoms. The molecule has 0 aliphatic heterocycles. The number of carbonyl (C=O) groups excluding carboxylic acids is 2. The molecule has 0 saturated heterocycles. The number of hydrogen-bond donors (Lipinski definition) is 0. The van der Waals surface area contributed by atoms with Crippen molar-refractivity contribution in [3.63, 3.8) is 0 Å². The minimum atomic E-state index is -4.50. The van der Waals surface area contributed by atoms with E-state index in [0.717, 1.165) is 24.3 Å². The summed E-state index contributed by atoms with van der Waals surface area (Å²) >= 11 is 6.08. The van der Waals surface area contributed by atoms with Gasteiger partial charge in [-0.05, 0) is 30.7 Å². The van der Waals surface area contributed by atoms with Crippen molar-refractivity contribution in [3.05, 3.63) is 64.4 Å². The summed E-state index contributed by atoms with van der Waals surface area (Å²) in [6.45, 7) is 1.77. The molecule has 0 radical (unpaired) electrons. The molecule has 1 aromatic heterocycles. The third-order valence-electron chi connectivity index (χ3n) is 3.67. The number of aromatic nitrogens is 1. The zero-order chi connectivity index (χ0) is 19.3. The lowest BCUT2D eigenvalue weighted by molar-refractivity contribution is -0.143. The molecule has 0 saturated carbocycles. The van der Waals surface area contributed by atoms with E-state index in [4.69, 9.17) is 16.3 Å². The first-order valence-electron chi connectivity index (χ1n) is 7.70. The highest BCUT2D eigenvalue weighted by Gasteiger charge is 2.31. The Hall–Kier alpha value is -2.41. The van der Waals surface area contributed by atoms with Gasteiger partial charge in [0, 0.05) is 18.0 Å². The topological polar surface area (TPSA) is 56.3 Å². The predicted molar refractivity (Wildman–Crippen MR) is 89.0 cm³/mol. The number of esters is 1. The lowest BCUT2D eigenvalue weighted by Crippen LogP contribution is -2.19. The molecule has 0 aliphatic rings. The van der Waals surface area contributed by atoms with Gasteiger partial charge in [0.25, 0.3) is 0 Å². The van der Waals surface area contributed by atoms with Gasteiger partial charge in [-0.2, -0.15) is 13.2 Å². The normalized spacial score (nSPS) is 12.5. The minimum absolute atomic E-state index is 0.0418. The standard InChI is InChI=1S/C18H15ClF3NO3/c1-2-26-16(24)9-14(13-7-8-23-10-15(13)19)17(25)11-3-5-12(6-4-11)18(20,21)22/h3-8,10,14H,2,9H2,1H3. The number of benzene rings is 1. The van der Waals surface area contributed by atoms with E-state index in [0.29, 0.717) is 5.56 Å². The van der Waals surface area contributed by atoms with Gasteiger partial charge in [0.1, 0.15) is 0 Å². The predicted octanol–water partition coefficient (Wildman–Crippen LogP) is 4.67. The fourth-order valence-corrected chi connectivity index (χ4v) is 2.67. The maximum atomic E-state index is 12.8. The molecule has 0 N–H and O–H groups in total. The SMILES string of the molecule is CCOC(=O)CC(C(=O)c1ccc(C(F)(F)F)cc1)c1ccncc1Cl. The largest absolute Gasteiger partial charge is 0.466 e. The second-order valence-corrected chi connectivity index (χ2v) is 5.81. The van der Waals surface area contributed by atoms with Gasteiger partial charge < -0.3 is 4.74 Å². The quantitative estimate of drug-likeness (QED) is 0.535. The van der Waals surface area contributed by atoms with E-state index in [-0.39, 0.29) is 23.6 Å². The van der Waals surface area contributed by atoms with Crippen LogP contribution in [0.15, 0.2) is 42.7 Å². The van der Waals surface area contributed by atoms with Crippen molar-refractivity contribution in [3.8, 4) is 0 Å². The third-order valence-corrected chi connectivity index (χ3v) is 3.98. The second-order valence-electron chi connectivity index (χ2n) is 5.40. The van der Waals surface area contributed by atoms with Crippen molar-refractivity contribution >= 4 is 23.4 Å². The molecule has 0 aliphatic carbocycles. The summed E-state index contributed by atoms with van der Waals surface area (Å²) in [6.07, 6.45) is -2.04. The number of nitrogens with zero attached hydrogens (tertiary/aromatic N) is 1. The van der Waals surface area contributed by atoms with Crippen LogP contribution in [0.3, 0.4) is 0 Å². The molecule has 1 atom stereocenters. The summed E-state index contributed by atoms with van der Waals surface area (Å²) in [5.74, 6) is -2.12. The summed E-state index contributed by atoms with van der Waals surface area (Å²) in [6, 6.07) is 5.30. The van der Waals surface area contributed by atoms with Crippen LogP contribution in [0.2, 0.25) is 5.02 Å². The number of alkyl halides is 3. The highest BCUT2D eigenvalue weighted by atomic mass is 35.5. The van der Waals surface area contributed by atoms with Crippen LogP contribution in [-0.2, 0) is 15.7 Å². The van der Waals surface area contributed by atoms with Gasteiger partial charge in [0.15, 0.2) is 5.78 Å². The zero-order valence-corrected chi connectivity index (χ0v) is 14.5. The van der Waals surface area contributed by atoms with E-state index in [2.05, 4.69) is 4.98 Å². The Morgan fingerprint density at radius 1 is 1.19 bits per heavy atom. The van der Waals surface area contributed by atoms with E-state index >= 15 is 0 Å². The van der Waals surface area contributed by atoms with Crippen LogP contribution in [0, 0.1) is 0 Å². The maximum absolute atomic E-state index is 12.8. The van der Waals surface area contributed by atoms with E-state index in [9.17, 15) is 22.8 Å². The van der Waals surface area contributed by atoms with Crippen molar-refractivity contribution in [1.82, 2.24) is 4.98 Å². The molecule has 0 spiro atoms. The summed E-state index contributed by atoms with van der Waals surface area (Å²) < 4.78 is 42.9. The van der Waals surface area contributed by atoms with Crippen molar-refractivity contribution < 1.29 is 27.5 Å². The van der Waals surface area contributed by atoms with Gasteiger partial charge in [-0.15, -0.1) is 0 Å². The maximum Gasteiger partial charge on any atom is 0.416 e. The van der Waals surface area contributed by atoms with Crippen LogP contribution < -0.4 is 0 Å². The highest BCUT2D eigenvalue weighted by Crippen LogP contribution is 2.32. The highest BCUT2D eigenvalue weighted by molar-refractivity contribution is 6.31. The van der Waals surface area contributed by atoms with Crippen molar-refractivity contribution in [2.75, 3.05) is 6.61 Å². The van der Waals surface area contributed by atoms with Gasteiger partial charge in [-0.3, -0.25) is 14.6 Å².